The highest BCUT2D eigenvalue weighted by Crippen LogP contribution is 2.28. The normalized spacial score (nSPS) is 16.3. The molecule has 0 spiro atoms. The molecule has 6 nitrogen and oxygen atoms in total. The predicted molar refractivity (Wildman–Crippen MR) is 85.5 cm³/mol. The van der Waals surface area contributed by atoms with Gasteiger partial charge >= 0.3 is 0 Å². The first kappa shape index (κ1) is 14.1. The molecule has 1 atom stereocenters. The van der Waals surface area contributed by atoms with Gasteiger partial charge in [-0.15, -0.1) is 10.2 Å². The number of hydrogen-bond donors (Lipinski definition) is 0. The van der Waals surface area contributed by atoms with E-state index in [1.807, 2.05) is 36.7 Å². The van der Waals surface area contributed by atoms with Crippen LogP contribution in [-0.2, 0) is 20.0 Å². The van der Waals surface area contributed by atoms with E-state index in [4.69, 9.17) is 4.42 Å². The van der Waals surface area contributed by atoms with Gasteiger partial charge in [0.05, 0.1) is 18.1 Å². The van der Waals surface area contributed by atoms with Crippen molar-refractivity contribution in [3.8, 4) is 11.5 Å². The molecule has 0 radical (unpaired) electrons. The summed E-state index contributed by atoms with van der Waals surface area (Å²) >= 11 is 0. The zero-order chi connectivity index (χ0) is 15.8. The lowest BCUT2D eigenvalue weighted by Gasteiger charge is -2.30. The fourth-order valence-electron chi connectivity index (χ4n) is 3.07. The van der Waals surface area contributed by atoms with E-state index in [0.717, 1.165) is 30.8 Å². The smallest absolute Gasteiger partial charge is 0.247 e. The zero-order valence-corrected chi connectivity index (χ0v) is 13.3. The van der Waals surface area contributed by atoms with Crippen molar-refractivity contribution in [2.75, 3.05) is 6.54 Å². The molecule has 3 heterocycles. The highest BCUT2D eigenvalue weighted by molar-refractivity contribution is 5.51. The molecule has 1 aliphatic heterocycles. The minimum absolute atomic E-state index is 0.0788. The fraction of sp³-hybridized carbons (Fsp3) is 0.353. The van der Waals surface area contributed by atoms with E-state index in [-0.39, 0.29) is 6.04 Å². The topological polar surface area (TPSA) is 60.0 Å². The molecule has 6 heteroatoms. The van der Waals surface area contributed by atoms with E-state index in [9.17, 15) is 0 Å². The molecule has 1 aromatic carbocycles. The fourth-order valence-corrected chi connectivity index (χ4v) is 3.07. The maximum absolute atomic E-state index is 5.89. The average Bonchev–Trinajstić information content (AvgIpc) is 3.22. The van der Waals surface area contributed by atoms with E-state index >= 15 is 0 Å². The number of rotatable bonds is 3. The number of benzene rings is 1. The summed E-state index contributed by atoms with van der Waals surface area (Å²) in [6.45, 7) is 3.90. The van der Waals surface area contributed by atoms with Gasteiger partial charge in [-0.3, -0.25) is 4.90 Å². The van der Waals surface area contributed by atoms with Crippen LogP contribution in [0.5, 0.6) is 0 Å². The molecule has 2 aromatic heterocycles. The molecule has 118 valence electrons. The highest BCUT2D eigenvalue weighted by Gasteiger charge is 2.27. The molecular formula is C17H19N5O. The lowest BCUT2D eigenvalue weighted by atomic mass is 10.1. The van der Waals surface area contributed by atoms with Gasteiger partial charge in [0.1, 0.15) is 0 Å². The second kappa shape index (κ2) is 5.62. The monoisotopic (exact) mass is 309 g/mol. The van der Waals surface area contributed by atoms with Crippen LogP contribution in [-0.4, -0.2) is 31.2 Å². The van der Waals surface area contributed by atoms with Gasteiger partial charge in [0.15, 0.2) is 0 Å². The van der Waals surface area contributed by atoms with Gasteiger partial charge < -0.3 is 8.98 Å². The Morgan fingerprint density at radius 3 is 2.83 bits per heavy atom. The molecule has 0 N–H and O–H groups in total. The first-order chi connectivity index (χ1) is 11.2. The van der Waals surface area contributed by atoms with Crippen LogP contribution >= 0.6 is 0 Å². The van der Waals surface area contributed by atoms with Gasteiger partial charge in [-0.2, -0.15) is 0 Å². The number of nitrogens with zero attached hydrogens (tertiary/aromatic N) is 5. The second-order valence-electron chi connectivity index (χ2n) is 5.96. The molecule has 0 amide bonds. The summed E-state index contributed by atoms with van der Waals surface area (Å²) < 4.78 is 8.00. The standard InChI is InChI=1S/C17H19N5O/c1-12(22-9-8-15-14(10-22)18-11-21(15)2)16-19-20-17(23-16)13-6-4-3-5-7-13/h3-7,11-12H,8-10H2,1-2H3/t12-/m1/s1. The van der Waals surface area contributed by atoms with E-state index in [2.05, 4.69) is 38.6 Å². The molecule has 0 bridgehead atoms. The SMILES string of the molecule is C[C@H](c1nnc(-c2ccccc2)o1)N1CCc2c(ncn2C)C1. The zero-order valence-electron chi connectivity index (χ0n) is 13.3. The first-order valence-corrected chi connectivity index (χ1v) is 7.84. The Labute approximate surface area is 134 Å². The van der Waals surface area contributed by atoms with Crippen molar-refractivity contribution in [2.24, 2.45) is 7.05 Å². The molecule has 0 saturated heterocycles. The molecule has 1 aliphatic rings. The maximum Gasteiger partial charge on any atom is 0.247 e. The summed E-state index contributed by atoms with van der Waals surface area (Å²) in [4.78, 5) is 6.82. The largest absolute Gasteiger partial charge is 0.419 e. The third-order valence-electron chi connectivity index (χ3n) is 4.50. The van der Waals surface area contributed by atoms with Gasteiger partial charge in [-0.25, -0.2) is 4.98 Å². The number of aryl methyl sites for hydroxylation is 1. The minimum Gasteiger partial charge on any atom is -0.419 e. The Hall–Kier alpha value is -2.47. The van der Waals surface area contributed by atoms with Crippen molar-refractivity contribution < 1.29 is 4.42 Å². The van der Waals surface area contributed by atoms with E-state index < -0.39 is 0 Å². The summed E-state index contributed by atoms with van der Waals surface area (Å²) in [6.07, 6.45) is 2.88. The van der Waals surface area contributed by atoms with Crippen molar-refractivity contribution in [3.05, 3.63) is 53.9 Å². The Bertz CT molecular complexity index is 808. The van der Waals surface area contributed by atoms with Crippen LogP contribution in [0.4, 0.5) is 0 Å². The van der Waals surface area contributed by atoms with Crippen molar-refractivity contribution in [1.29, 1.82) is 0 Å². The van der Waals surface area contributed by atoms with Crippen molar-refractivity contribution in [1.82, 2.24) is 24.6 Å². The van der Waals surface area contributed by atoms with Gasteiger partial charge in [-0.05, 0) is 19.1 Å². The number of hydrogen-bond acceptors (Lipinski definition) is 5. The van der Waals surface area contributed by atoms with Crippen LogP contribution in [0.1, 0.15) is 30.2 Å². The van der Waals surface area contributed by atoms with Crippen molar-refractivity contribution in [3.63, 3.8) is 0 Å². The summed E-state index contributed by atoms with van der Waals surface area (Å²) in [5.74, 6) is 1.23. The van der Waals surface area contributed by atoms with Gasteiger partial charge in [0, 0.05) is 37.8 Å². The third-order valence-corrected chi connectivity index (χ3v) is 4.50. The number of fused-ring (bicyclic) bond motifs is 1. The van der Waals surface area contributed by atoms with Gasteiger partial charge in [0.25, 0.3) is 0 Å². The first-order valence-electron chi connectivity index (χ1n) is 7.84. The average molecular weight is 309 g/mol. The Morgan fingerprint density at radius 2 is 2.00 bits per heavy atom. The Balaban J connectivity index is 1.54. The molecule has 23 heavy (non-hydrogen) atoms. The van der Waals surface area contributed by atoms with Crippen LogP contribution < -0.4 is 0 Å². The summed E-state index contributed by atoms with van der Waals surface area (Å²) in [7, 11) is 2.05. The number of aromatic nitrogens is 4. The molecule has 0 aliphatic carbocycles. The highest BCUT2D eigenvalue weighted by atomic mass is 16.4. The van der Waals surface area contributed by atoms with Crippen LogP contribution in [0.15, 0.2) is 41.1 Å². The second-order valence-corrected chi connectivity index (χ2v) is 5.96. The summed E-state index contributed by atoms with van der Waals surface area (Å²) in [6, 6.07) is 9.94. The lowest BCUT2D eigenvalue weighted by Crippen LogP contribution is -2.33. The van der Waals surface area contributed by atoms with Gasteiger partial charge in [-0.1, -0.05) is 18.2 Å². The molecule has 4 rings (SSSR count). The van der Waals surface area contributed by atoms with Crippen LogP contribution in [0, 0.1) is 0 Å². The molecule has 0 fully saturated rings. The molecule has 0 unspecified atom stereocenters. The quantitative estimate of drug-likeness (QED) is 0.744. The third kappa shape index (κ3) is 2.55. The van der Waals surface area contributed by atoms with E-state index in [0.29, 0.717) is 11.8 Å². The minimum atomic E-state index is 0.0788. The lowest BCUT2D eigenvalue weighted by molar-refractivity contribution is 0.164. The van der Waals surface area contributed by atoms with Crippen LogP contribution in [0.2, 0.25) is 0 Å². The molecular weight excluding hydrogens is 290 g/mol. The van der Waals surface area contributed by atoms with E-state index in [1.165, 1.54) is 5.69 Å². The Kier molecular flexibility index (Phi) is 3.46. The van der Waals surface area contributed by atoms with Crippen LogP contribution in [0.25, 0.3) is 11.5 Å². The number of imidazole rings is 1. The van der Waals surface area contributed by atoms with Gasteiger partial charge in [0.2, 0.25) is 11.8 Å². The maximum atomic E-state index is 5.89. The summed E-state index contributed by atoms with van der Waals surface area (Å²) in [5, 5.41) is 8.43. The van der Waals surface area contributed by atoms with Crippen molar-refractivity contribution >= 4 is 0 Å². The van der Waals surface area contributed by atoms with Crippen molar-refractivity contribution in [2.45, 2.75) is 25.9 Å². The van der Waals surface area contributed by atoms with E-state index in [1.54, 1.807) is 0 Å². The van der Waals surface area contributed by atoms with Crippen LogP contribution in [0.3, 0.4) is 0 Å². The predicted octanol–water partition coefficient (Wildman–Crippen LogP) is 2.59. The Morgan fingerprint density at radius 1 is 1.17 bits per heavy atom. The molecule has 3 aromatic rings. The summed E-state index contributed by atoms with van der Waals surface area (Å²) in [5.41, 5.74) is 3.42. The molecule has 0 saturated carbocycles.